The van der Waals surface area contributed by atoms with Crippen LogP contribution in [-0.4, -0.2) is 50.8 Å². The van der Waals surface area contributed by atoms with Gasteiger partial charge in [-0.25, -0.2) is 29.9 Å². The van der Waals surface area contributed by atoms with E-state index in [9.17, 15) is 0 Å². The van der Waals surface area contributed by atoms with Crippen molar-refractivity contribution in [1.29, 1.82) is 0 Å². The standard InChI is InChI=1S/C32H18N8.2ClH.H4Si/c1-2-10-18-17(9-1)25-33-26(18)38-28-21-13-5-6-14-22(21)30(35-28)40-32-24-16-8-7-15-23(24)31(36-32)39-29-20-12-4-3-11-19(20)27(34-29)37-25;;;/h1-16H,(H2,33,34,35,36,37,38,39,40);2*1H;1H4. The number of hydrogen-bond acceptors (Lipinski definition) is 6. The van der Waals surface area contributed by atoms with Gasteiger partial charge in [0.25, 0.3) is 0 Å². The van der Waals surface area contributed by atoms with Gasteiger partial charge in [0.15, 0.2) is 23.3 Å². The summed E-state index contributed by atoms with van der Waals surface area (Å²) < 4.78 is 0. The Balaban J connectivity index is 0.00000110. The van der Waals surface area contributed by atoms with Crippen molar-refractivity contribution in [3.8, 4) is 45.6 Å². The van der Waals surface area contributed by atoms with Gasteiger partial charge in [0.2, 0.25) is 0 Å². The van der Waals surface area contributed by atoms with E-state index in [1.807, 2.05) is 97.1 Å². The fourth-order valence-electron chi connectivity index (χ4n) is 5.59. The molecule has 0 atom stereocenters. The highest BCUT2D eigenvalue weighted by molar-refractivity contribution is 6.06. The molecule has 2 N–H and O–H groups in total. The van der Waals surface area contributed by atoms with Gasteiger partial charge in [-0.1, -0.05) is 97.1 Å². The molecule has 2 aliphatic rings. The van der Waals surface area contributed by atoms with Crippen molar-refractivity contribution >= 4 is 79.9 Å². The molecule has 0 saturated carbocycles. The van der Waals surface area contributed by atoms with Crippen molar-refractivity contribution < 1.29 is 0 Å². The molecule has 11 heteroatoms. The zero-order chi connectivity index (χ0) is 26.2. The third kappa shape index (κ3) is 4.28. The second-order valence-electron chi connectivity index (χ2n) is 9.79. The number of nitrogens with zero attached hydrogens (tertiary/aromatic N) is 6. The molecule has 0 fully saturated rings. The molecule has 3 aromatic heterocycles. The van der Waals surface area contributed by atoms with Crippen LogP contribution in [0.3, 0.4) is 0 Å². The molecule has 0 saturated heterocycles. The SMILES string of the molecule is Cl.Cl.[SiH4].c1ccc2c(c1)-c1nc-2nc2[nH]c(nc3nc(nc4[nH]c(n1)c1ccccc41)-c1ccccc1-3)c1ccccc21. The Hall–Kier alpha value is -4.96. The first-order valence-electron chi connectivity index (χ1n) is 13.0. The van der Waals surface area contributed by atoms with Gasteiger partial charge in [0.1, 0.15) is 22.6 Å². The molecule has 0 spiro atoms. The van der Waals surface area contributed by atoms with Crippen LogP contribution in [0.1, 0.15) is 0 Å². The lowest BCUT2D eigenvalue weighted by Gasteiger charge is -1.96. The van der Waals surface area contributed by atoms with E-state index in [1.165, 1.54) is 0 Å². The molecule has 8 nitrogen and oxygen atoms in total. The molecule has 9 rings (SSSR count). The predicted molar refractivity (Wildman–Crippen MR) is 182 cm³/mol. The van der Waals surface area contributed by atoms with E-state index >= 15 is 0 Å². The van der Waals surface area contributed by atoms with Crippen molar-refractivity contribution in [2.24, 2.45) is 0 Å². The lowest BCUT2D eigenvalue weighted by atomic mass is 10.1. The lowest BCUT2D eigenvalue weighted by molar-refractivity contribution is 1.19. The number of hydrogen-bond donors (Lipinski definition) is 2. The minimum absolute atomic E-state index is 0. The number of aromatic amines is 2. The number of aromatic nitrogens is 8. The summed E-state index contributed by atoms with van der Waals surface area (Å²) in [5.74, 6) is 2.39. The summed E-state index contributed by atoms with van der Waals surface area (Å²) in [7, 11) is 0. The summed E-state index contributed by atoms with van der Waals surface area (Å²) in [5, 5.41) is 3.82. The van der Waals surface area contributed by atoms with Gasteiger partial charge in [-0.05, 0) is 11.0 Å². The summed E-state index contributed by atoms with van der Waals surface area (Å²) >= 11 is 0. The maximum absolute atomic E-state index is 5.02. The number of H-pyrrole nitrogens is 2. The highest BCUT2D eigenvalue weighted by Crippen LogP contribution is 2.36. The molecule has 0 amide bonds. The number of rotatable bonds is 0. The number of nitrogens with one attached hydrogen (secondary N) is 2. The van der Waals surface area contributed by atoms with E-state index < -0.39 is 0 Å². The van der Waals surface area contributed by atoms with Crippen LogP contribution in [0, 0.1) is 0 Å². The van der Waals surface area contributed by atoms with Crippen LogP contribution in [0.15, 0.2) is 97.1 Å². The Morgan fingerprint density at radius 2 is 0.558 bits per heavy atom. The summed E-state index contributed by atoms with van der Waals surface area (Å²) in [5.41, 5.74) is 6.45. The quantitative estimate of drug-likeness (QED) is 0.194. The Bertz CT molecular complexity index is 2050. The Kier molecular flexibility index (Phi) is 7.01. The average Bonchev–Trinajstić information content (AvgIpc) is 3.73. The molecule has 8 bridgehead atoms. The van der Waals surface area contributed by atoms with Crippen molar-refractivity contribution in [3.63, 3.8) is 0 Å². The predicted octanol–water partition coefficient (Wildman–Crippen LogP) is 6.26. The highest BCUT2D eigenvalue weighted by Gasteiger charge is 2.21. The van der Waals surface area contributed by atoms with Gasteiger partial charge >= 0.3 is 0 Å². The van der Waals surface area contributed by atoms with Crippen molar-refractivity contribution in [3.05, 3.63) is 97.1 Å². The summed E-state index contributed by atoms with van der Waals surface area (Å²) in [6.07, 6.45) is 0. The zero-order valence-electron chi connectivity index (χ0n) is 21.7. The summed E-state index contributed by atoms with van der Waals surface area (Å²) in [4.78, 5) is 36.8. The number of halogens is 2. The summed E-state index contributed by atoms with van der Waals surface area (Å²) in [6.45, 7) is 0. The maximum Gasteiger partial charge on any atom is 0.164 e. The lowest BCUT2D eigenvalue weighted by Crippen LogP contribution is -1.82. The number of benzene rings is 4. The van der Waals surface area contributed by atoms with E-state index in [0.717, 1.165) is 43.8 Å². The van der Waals surface area contributed by atoms with Crippen LogP contribution >= 0.6 is 24.8 Å². The molecule has 4 aromatic carbocycles. The van der Waals surface area contributed by atoms with Crippen molar-refractivity contribution in [2.75, 3.05) is 0 Å². The fourth-order valence-corrected chi connectivity index (χ4v) is 5.59. The van der Waals surface area contributed by atoms with Crippen molar-refractivity contribution in [1.82, 2.24) is 39.9 Å². The molecule has 7 aromatic rings. The van der Waals surface area contributed by atoms with Crippen LogP contribution in [0.25, 0.3) is 89.7 Å². The Morgan fingerprint density at radius 3 is 0.814 bits per heavy atom. The maximum atomic E-state index is 5.02. The summed E-state index contributed by atoms with van der Waals surface area (Å²) in [6, 6.07) is 32.2. The van der Waals surface area contributed by atoms with E-state index in [-0.39, 0.29) is 35.8 Å². The van der Waals surface area contributed by atoms with Crippen molar-refractivity contribution in [2.45, 2.75) is 0 Å². The smallest absolute Gasteiger partial charge is 0.164 e. The molecular weight excluding hydrogens is 595 g/mol. The molecule has 5 heterocycles. The van der Waals surface area contributed by atoms with Crippen LogP contribution in [0.2, 0.25) is 0 Å². The van der Waals surface area contributed by atoms with Gasteiger partial charge in [0, 0.05) is 43.8 Å². The van der Waals surface area contributed by atoms with Crippen LogP contribution in [0.5, 0.6) is 0 Å². The van der Waals surface area contributed by atoms with E-state index in [2.05, 4.69) is 9.97 Å². The average molecular weight is 620 g/mol. The van der Waals surface area contributed by atoms with Gasteiger partial charge in [-0.2, -0.15) is 0 Å². The molecule has 0 aliphatic carbocycles. The molecule has 210 valence electrons. The van der Waals surface area contributed by atoms with E-state index in [1.54, 1.807) is 0 Å². The molecule has 2 aliphatic heterocycles. The largest absolute Gasteiger partial charge is 0.324 e. The van der Waals surface area contributed by atoms with Gasteiger partial charge in [-0.15, -0.1) is 24.8 Å². The molecule has 0 radical (unpaired) electrons. The first kappa shape index (κ1) is 28.2. The third-order valence-electron chi connectivity index (χ3n) is 7.46. The molecule has 43 heavy (non-hydrogen) atoms. The minimum atomic E-state index is 0. The van der Waals surface area contributed by atoms with Crippen LogP contribution in [0.4, 0.5) is 0 Å². The van der Waals surface area contributed by atoms with Gasteiger partial charge in [-0.3, -0.25) is 0 Å². The Morgan fingerprint density at radius 1 is 0.326 bits per heavy atom. The minimum Gasteiger partial charge on any atom is -0.324 e. The second kappa shape index (κ2) is 10.7. The first-order valence-corrected chi connectivity index (χ1v) is 13.0. The van der Waals surface area contributed by atoms with E-state index in [4.69, 9.17) is 29.9 Å². The highest BCUT2D eigenvalue weighted by atomic mass is 35.5. The van der Waals surface area contributed by atoms with Crippen LogP contribution < -0.4 is 0 Å². The monoisotopic (exact) mass is 618 g/mol. The molecule has 0 unspecified atom stereocenters. The fraction of sp³-hybridized carbons (Fsp3) is 0. The van der Waals surface area contributed by atoms with E-state index in [0.29, 0.717) is 45.9 Å². The molecular formula is C32H24Cl2N8Si. The van der Waals surface area contributed by atoms with Gasteiger partial charge < -0.3 is 9.97 Å². The van der Waals surface area contributed by atoms with Crippen LogP contribution in [-0.2, 0) is 0 Å². The normalized spacial score (nSPS) is 11.2. The first-order chi connectivity index (χ1) is 19.8. The Labute approximate surface area is 261 Å². The third-order valence-corrected chi connectivity index (χ3v) is 7.46. The topological polar surface area (TPSA) is 109 Å². The second-order valence-corrected chi connectivity index (χ2v) is 9.79. The number of fused-ring (bicyclic) bond motifs is 20. The zero-order valence-corrected chi connectivity index (χ0v) is 23.4. The van der Waals surface area contributed by atoms with Gasteiger partial charge in [0.05, 0.1) is 0 Å².